The normalized spacial score (nSPS) is 24.1. The van der Waals surface area contributed by atoms with Gasteiger partial charge in [-0.05, 0) is 49.4 Å². The lowest BCUT2D eigenvalue weighted by molar-refractivity contribution is -0.122. The molecule has 4 rings (SSSR count). The Kier molecular flexibility index (Phi) is 6.50. The van der Waals surface area contributed by atoms with Crippen molar-refractivity contribution >= 4 is 18.3 Å². The van der Waals surface area contributed by atoms with Crippen molar-refractivity contribution in [3.8, 4) is 11.5 Å². The van der Waals surface area contributed by atoms with E-state index in [0.29, 0.717) is 30.8 Å². The lowest BCUT2D eigenvalue weighted by Crippen LogP contribution is -2.43. The molecule has 3 unspecified atom stereocenters. The van der Waals surface area contributed by atoms with Crippen LogP contribution in [0.1, 0.15) is 37.8 Å². The molecule has 1 saturated heterocycles. The molecule has 0 spiro atoms. The van der Waals surface area contributed by atoms with Gasteiger partial charge in [-0.3, -0.25) is 4.79 Å². The van der Waals surface area contributed by atoms with Gasteiger partial charge in [-0.15, -0.1) is 12.4 Å². The second-order valence-corrected chi connectivity index (χ2v) is 7.30. The molecule has 146 valence electrons. The number of aromatic nitrogens is 1. The Labute approximate surface area is 164 Å². The topological polar surface area (TPSA) is 67.2 Å². The molecule has 5 nitrogen and oxygen atoms in total. The van der Waals surface area contributed by atoms with Gasteiger partial charge < -0.3 is 15.1 Å². The van der Waals surface area contributed by atoms with Gasteiger partial charge in [0.15, 0.2) is 0 Å². The smallest absolute Gasteiger partial charge is 0.237 e. The fourth-order valence-corrected chi connectivity index (χ4v) is 4.10. The first-order valence-corrected chi connectivity index (χ1v) is 9.43. The number of carbonyl (C=O) groups is 1. The summed E-state index contributed by atoms with van der Waals surface area (Å²) < 4.78 is 18.4. The van der Waals surface area contributed by atoms with E-state index in [1.54, 1.807) is 18.4 Å². The van der Waals surface area contributed by atoms with Crippen LogP contribution in [0.4, 0.5) is 4.39 Å². The van der Waals surface area contributed by atoms with E-state index >= 15 is 0 Å². The Bertz CT molecular complexity index is 751. The minimum Gasteiger partial charge on any atom is -0.444 e. The first-order chi connectivity index (χ1) is 12.7. The highest BCUT2D eigenvalue weighted by molar-refractivity contribution is 5.85. The van der Waals surface area contributed by atoms with Crippen molar-refractivity contribution in [3.63, 3.8) is 0 Å². The van der Waals surface area contributed by atoms with Crippen molar-refractivity contribution in [2.24, 2.45) is 5.92 Å². The molecule has 1 aliphatic carbocycles. The summed E-state index contributed by atoms with van der Waals surface area (Å²) in [6.45, 7) is 0.530. The van der Waals surface area contributed by atoms with E-state index in [1.165, 1.54) is 37.8 Å². The number of hydrogen-bond acceptors (Lipinski definition) is 4. The zero-order valence-corrected chi connectivity index (χ0v) is 15.9. The third-order valence-electron chi connectivity index (χ3n) is 5.50. The second-order valence-electron chi connectivity index (χ2n) is 7.30. The third-order valence-corrected chi connectivity index (χ3v) is 5.50. The Morgan fingerprint density at radius 1 is 1.26 bits per heavy atom. The average Bonchev–Trinajstić information content (AvgIpc) is 3.29. The zero-order chi connectivity index (χ0) is 17.9. The standard InChI is InChI=1S/C20H24FN3O2.ClH/c21-15-7-5-13(6-8-15)20-23-16(12-26-20)9-10-22-19(25)18-11-14-3-1-2-4-17(14)24-18;/h5-8,12,14,17-18,24H,1-4,9-11H2,(H,22,25);1H. The lowest BCUT2D eigenvalue weighted by atomic mass is 9.85. The van der Waals surface area contributed by atoms with Gasteiger partial charge in [-0.25, -0.2) is 9.37 Å². The highest BCUT2D eigenvalue weighted by Gasteiger charge is 2.37. The quantitative estimate of drug-likeness (QED) is 0.816. The van der Waals surface area contributed by atoms with Crippen molar-refractivity contribution in [1.29, 1.82) is 0 Å². The zero-order valence-electron chi connectivity index (χ0n) is 15.1. The summed E-state index contributed by atoms with van der Waals surface area (Å²) in [5.41, 5.74) is 1.51. The predicted molar refractivity (Wildman–Crippen MR) is 103 cm³/mol. The number of amides is 1. The fraction of sp³-hybridized carbons (Fsp3) is 0.500. The summed E-state index contributed by atoms with van der Waals surface area (Å²) in [6.07, 6.45) is 8.15. The molecule has 3 atom stereocenters. The summed E-state index contributed by atoms with van der Waals surface area (Å²) in [5, 5.41) is 6.50. The van der Waals surface area contributed by atoms with E-state index in [2.05, 4.69) is 15.6 Å². The number of nitrogens with one attached hydrogen (secondary N) is 2. The van der Waals surface area contributed by atoms with Crippen LogP contribution in [0, 0.1) is 11.7 Å². The van der Waals surface area contributed by atoms with Crippen LogP contribution in [-0.4, -0.2) is 29.5 Å². The fourth-order valence-electron chi connectivity index (χ4n) is 4.10. The average molecular weight is 394 g/mol. The van der Waals surface area contributed by atoms with E-state index in [-0.39, 0.29) is 30.2 Å². The van der Waals surface area contributed by atoms with E-state index in [4.69, 9.17) is 4.42 Å². The van der Waals surface area contributed by atoms with Crippen molar-refractivity contribution < 1.29 is 13.6 Å². The molecule has 2 aliphatic rings. The number of oxazole rings is 1. The monoisotopic (exact) mass is 393 g/mol. The summed E-state index contributed by atoms with van der Waals surface area (Å²) in [5.74, 6) is 0.923. The highest BCUT2D eigenvalue weighted by atomic mass is 35.5. The van der Waals surface area contributed by atoms with E-state index in [1.807, 2.05) is 0 Å². The molecule has 1 amide bonds. The predicted octanol–water partition coefficient (Wildman–Crippen LogP) is 3.48. The Morgan fingerprint density at radius 3 is 2.81 bits per heavy atom. The Hall–Kier alpha value is -1.92. The molecular weight excluding hydrogens is 369 g/mol. The SMILES string of the molecule is Cl.O=C(NCCc1coc(-c2ccc(F)cc2)n1)C1CC2CCCCC2N1. The van der Waals surface area contributed by atoms with Gasteiger partial charge in [-0.1, -0.05) is 12.8 Å². The summed E-state index contributed by atoms with van der Waals surface area (Å²) >= 11 is 0. The molecule has 2 aromatic rings. The minimum absolute atomic E-state index is 0. The largest absolute Gasteiger partial charge is 0.444 e. The van der Waals surface area contributed by atoms with Crippen molar-refractivity contribution in [2.75, 3.05) is 6.54 Å². The molecular formula is C20H25ClFN3O2. The van der Waals surface area contributed by atoms with Gasteiger partial charge >= 0.3 is 0 Å². The number of hydrogen-bond donors (Lipinski definition) is 2. The summed E-state index contributed by atoms with van der Waals surface area (Å²) in [6, 6.07) is 6.50. The molecule has 1 aromatic heterocycles. The van der Waals surface area contributed by atoms with Crippen molar-refractivity contribution in [1.82, 2.24) is 15.6 Å². The molecule has 7 heteroatoms. The van der Waals surface area contributed by atoms with Crippen LogP contribution < -0.4 is 10.6 Å². The van der Waals surface area contributed by atoms with Gasteiger partial charge in [0, 0.05) is 24.6 Å². The summed E-state index contributed by atoms with van der Waals surface area (Å²) in [4.78, 5) is 16.8. The Morgan fingerprint density at radius 2 is 2.04 bits per heavy atom. The first-order valence-electron chi connectivity index (χ1n) is 9.43. The highest BCUT2D eigenvalue weighted by Crippen LogP contribution is 2.33. The molecule has 1 aliphatic heterocycles. The molecule has 27 heavy (non-hydrogen) atoms. The molecule has 1 aromatic carbocycles. The maximum atomic E-state index is 13.0. The van der Waals surface area contributed by atoms with Gasteiger partial charge in [0.05, 0.1) is 11.7 Å². The molecule has 0 bridgehead atoms. The van der Waals surface area contributed by atoms with Gasteiger partial charge in [0.1, 0.15) is 12.1 Å². The molecule has 2 heterocycles. The molecule has 2 fully saturated rings. The number of nitrogens with zero attached hydrogens (tertiary/aromatic N) is 1. The second kappa shape index (κ2) is 8.85. The third kappa shape index (κ3) is 4.68. The lowest BCUT2D eigenvalue weighted by Gasteiger charge is -2.24. The number of carbonyl (C=O) groups excluding carboxylic acids is 1. The Balaban J connectivity index is 0.00000210. The van der Waals surface area contributed by atoms with E-state index in [0.717, 1.165) is 17.7 Å². The van der Waals surface area contributed by atoms with Crippen LogP contribution >= 0.6 is 12.4 Å². The molecule has 0 radical (unpaired) electrons. The van der Waals surface area contributed by atoms with Crippen LogP contribution in [0.3, 0.4) is 0 Å². The van der Waals surface area contributed by atoms with Gasteiger partial charge in [0.25, 0.3) is 0 Å². The number of fused-ring (bicyclic) bond motifs is 1. The van der Waals surface area contributed by atoms with Crippen molar-refractivity contribution in [3.05, 3.63) is 42.0 Å². The maximum Gasteiger partial charge on any atom is 0.237 e. The minimum atomic E-state index is -0.288. The maximum absolute atomic E-state index is 13.0. The molecule has 2 N–H and O–H groups in total. The van der Waals surface area contributed by atoms with E-state index < -0.39 is 0 Å². The van der Waals surface area contributed by atoms with Crippen LogP contribution in [0.5, 0.6) is 0 Å². The summed E-state index contributed by atoms with van der Waals surface area (Å²) in [7, 11) is 0. The number of benzene rings is 1. The molecule has 1 saturated carbocycles. The van der Waals surface area contributed by atoms with Crippen LogP contribution in [0.15, 0.2) is 34.9 Å². The first kappa shape index (κ1) is 19.8. The van der Waals surface area contributed by atoms with Gasteiger partial charge in [0.2, 0.25) is 11.8 Å². The number of rotatable bonds is 5. The van der Waals surface area contributed by atoms with Crippen LogP contribution in [-0.2, 0) is 11.2 Å². The van der Waals surface area contributed by atoms with Crippen molar-refractivity contribution in [2.45, 2.75) is 50.6 Å². The van der Waals surface area contributed by atoms with Crippen LogP contribution in [0.2, 0.25) is 0 Å². The van der Waals surface area contributed by atoms with E-state index in [9.17, 15) is 9.18 Å². The number of halogens is 2. The van der Waals surface area contributed by atoms with Crippen LogP contribution in [0.25, 0.3) is 11.5 Å². The van der Waals surface area contributed by atoms with Gasteiger partial charge in [-0.2, -0.15) is 0 Å².